The van der Waals surface area contributed by atoms with Crippen molar-refractivity contribution in [2.24, 2.45) is 7.05 Å². The van der Waals surface area contributed by atoms with Crippen molar-refractivity contribution in [1.82, 2.24) is 9.47 Å². The summed E-state index contributed by atoms with van der Waals surface area (Å²) in [4.78, 5) is 38.8. The first-order chi connectivity index (χ1) is 16.9. The molecule has 1 amide bonds. The van der Waals surface area contributed by atoms with E-state index in [-0.39, 0.29) is 23.9 Å². The van der Waals surface area contributed by atoms with Crippen LogP contribution in [0.5, 0.6) is 5.75 Å². The Hall–Kier alpha value is -3.65. The van der Waals surface area contributed by atoms with Crippen LogP contribution in [0.1, 0.15) is 37.0 Å². The number of likely N-dealkylation sites (N-methyl/N-ethyl adjacent to an activating group) is 1. The summed E-state index contributed by atoms with van der Waals surface area (Å²) in [6.07, 6.45) is 0.754. The molecule has 1 heterocycles. The van der Waals surface area contributed by atoms with E-state index in [0.717, 1.165) is 24.0 Å². The SMILES string of the molecule is CCN(CC)CCOC(=O)c1ccc(NC(=O)CCCOc2cc(=O)n(C)c3ccccc23)cc1. The van der Waals surface area contributed by atoms with E-state index in [1.165, 1.54) is 6.07 Å². The third-order valence-electron chi connectivity index (χ3n) is 5.86. The molecule has 35 heavy (non-hydrogen) atoms. The van der Waals surface area contributed by atoms with Crippen molar-refractivity contribution >= 4 is 28.5 Å². The predicted molar refractivity (Wildman–Crippen MR) is 137 cm³/mol. The Kier molecular flexibility index (Phi) is 9.43. The van der Waals surface area contributed by atoms with Crippen molar-refractivity contribution in [3.63, 3.8) is 0 Å². The normalized spacial score (nSPS) is 11.0. The molecule has 0 bridgehead atoms. The fourth-order valence-corrected chi connectivity index (χ4v) is 3.72. The van der Waals surface area contributed by atoms with Crippen LogP contribution in [0.3, 0.4) is 0 Å². The Labute approximate surface area is 205 Å². The molecule has 8 nitrogen and oxygen atoms in total. The highest BCUT2D eigenvalue weighted by Crippen LogP contribution is 2.23. The minimum absolute atomic E-state index is 0.146. The van der Waals surface area contributed by atoms with Crippen molar-refractivity contribution in [3.8, 4) is 5.75 Å². The minimum Gasteiger partial charge on any atom is -0.493 e. The second-order valence-electron chi connectivity index (χ2n) is 8.16. The van der Waals surface area contributed by atoms with E-state index in [0.29, 0.717) is 43.2 Å². The Balaban J connectivity index is 1.43. The number of amides is 1. The third kappa shape index (κ3) is 7.16. The first-order valence-corrected chi connectivity index (χ1v) is 11.9. The number of fused-ring (bicyclic) bond motifs is 1. The average molecular weight is 480 g/mol. The van der Waals surface area contributed by atoms with Crippen LogP contribution >= 0.6 is 0 Å². The minimum atomic E-state index is -0.379. The molecule has 0 unspecified atom stereocenters. The number of aryl methyl sites for hydroxylation is 1. The van der Waals surface area contributed by atoms with Crippen LogP contribution in [0.15, 0.2) is 59.4 Å². The first-order valence-electron chi connectivity index (χ1n) is 11.9. The lowest BCUT2D eigenvalue weighted by atomic mass is 10.2. The average Bonchev–Trinajstić information content (AvgIpc) is 2.87. The molecule has 2 aromatic carbocycles. The summed E-state index contributed by atoms with van der Waals surface area (Å²) >= 11 is 0. The molecule has 0 aliphatic heterocycles. The number of benzene rings is 2. The number of carbonyl (C=O) groups excluding carboxylic acids is 2. The molecular formula is C27H33N3O5. The largest absolute Gasteiger partial charge is 0.493 e. The van der Waals surface area contributed by atoms with Crippen LogP contribution in [0.4, 0.5) is 5.69 Å². The van der Waals surface area contributed by atoms with Crippen LogP contribution in [0.25, 0.3) is 10.9 Å². The van der Waals surface area contributed by atoms with E-state index in [1.807, 2.05) is 24.3 Å². The summed E-state index contributed by atoms with van der Waals surface area (Å²) in [7, 11) is 1.72. The molecule has 0 aliphatic carbocycles. The topological polar surface area (TPSA) is 89.9 Å². The fourth-order valence-electron chi connectivity index (χ4n) is 3.72. The summed E-state index contributed by atoms with van der Waals surface area (Å²) < 4.78 is 12.7. The number of ether oxygens (including phenoxy) is 2. The van der Waals surface area contributed by atoms with Crippen molar-refractivity contribution < 1.29 is 19.1 Å². The molecule has 0 aliphatic rings. The monoisotopic (exact) mass is 479 g/mol. The smallest absolute Gasteiger partial charge is 0.338 e. The number of nitrogens with zero attached hydrogens (tertiary/aromatic N) is 2. The molecule has 0 atom stereocenters. The van der Waals surface area contributed by atoms with E-state index in [2.05, 4.69) is 24.1 Å². The van der Waals surface area contributed by atoms with Gasteiger partial charge in [0, 0.05) is 37.2 Å². The zero-order chi connectivity index (χ0) is 25.2. The zero-order valence-electron chi connectivity index (χ0n) is 20.6. The van der Waals surface area contributed by atoms with E-state index >= 15 is 0 Å². The van der Waals surface area contributed by atoms with Crippen LogP contribution in [-0.4, -0.2) is 54.2 Å². The highest BCUT2D eigenvalue weighted by Gasteiger charge is 2.10. The van der Waals surface area contributed by atoms with Crippen molar-refractivity contribution in [2.45, 2.75) is 26.7 Å². The molecule has 0 saturated carbocycles. The lowest BCUT2D eigenvalue weighted by Crippen LogP contribution is -2.27. The molecule has 186 valence electrons. The highest BCUT2D eigenvalue weighted by molar-refractivity contribution is 5.93. The number of anilines is 1. The van der Waals surface area contributed by atoms with E-state index in [1.54, 1.807) is 35.9 Å². The summed E-state index contributed by atoms with van der Waals surface area (Å²) in [5, 5.41) is 3.67. The summed E-state index contributed by atoms with van der Waals surface area (Å²) in [6, 6.07) is 15.7. The molecule has 1 aromatic heterocycles. The maximum Gasteiger partial charge on any atom is 0.338 e. The number of hydrogen-bond donors (Lipinski definition) is 1. The molecular weight excluding hydrogens is 446 g/mol. The highest BCUT2D eigenvalue weighted by atomic mass is 16.5. The Morgan fingerprint density at radius 3 is 2.43 bits per heavy atom. The number of para-hydroxylation sites is 1. The number of nitrogens with one attached hydrogen (secondary N) is 1. The molecule has 1 N–H and O–H groups in total. The number of carbonyl (C=O) groups is 2. The lowest BCUT2D eigenvalue weighted by Gasteiger charge is -2.17. The lowest BCUT2D eigenvalue weighted by molar-refractivity contribution is -0.116. The van der Waals surface area contributed by atoms with Gasteiger partial charge in [0.15, 0.2) is 0 Å². The Morgan fingerprint density at radius 2 is 1.71 bits per heavy atom. The van der Waals surface area contributed by atoms with Gasteiger partial charge in [0.1, 0.15) is 12.4 Å². The molecule has 0 spiro atoms. The van der Waals surface area contributed by atoms with Gasteiger partial charge >= 0.3 is 5.97 Å². The zero-order valence-corrected chi connectivity index (χ0v) is 20.6. The number of hydrogen-bond acceptors (Lipinski definition) is 6. The maximum atomic E-state index is 12.3. The van der Waals surface area contributed by atoms with Gasteiger partial charge in [-0.3, -0.25) is 9.59 Å². The second-order valence-corrected chi connectivity index (χ2v) is 8.16. The second kappa shape index (κ2) is 12.7. The van der Waals surface area contributed by atoms with Gasteiger partial charge in [0.05, 0.1) is 17.7 Å². The van der Waals surface area contributed by atoms with Gasteiger partial charge in [-0.1, -0.05) is 26.0 Å². The van der Waals surface area contributed by atoms with Crippen LogP contribution in [0, 0.1) is 0 Å². The third-order valence-corrected chi connectivity index (χ3v) is 5.86. The van der Waals surface area contributed by atoms with Crippen LogP contribution in [-0.2, 0) is 16.6 Å². The molecule has 3 aromatic rings. The van der Waals surface area contributed by atoms with Crippen molar-refractivity contribution in [3.05, 3.63) is 70.5 Å². The summed E-state index contributed by atoms with van der Waals surface area (Å²) in [6.45, 7) is 7.32. The van der Waals surface area contributed by atoms with E-state index in [4.69, 9.17) is 9.47 Å². The fraction of sp³-hybridized carbons (Fsp3) is 0.370. The number of aromatic nitrogens is 1. The van der Waals surface area contributed by atoms with Gasteiger partial charge in [-0.25, -0.2) is 4.79 Å². The Morgan fingerprint density at radius 1 is 1.00 bits per heavy atom. The maximum absolute atomic E-state index is 12.3. The molecule has 0 fully saturated rings. The van der Waals surface area contributed by atoms with Gasteiger partial charge < -0.3 is 24.3 Å². The van der Waals surface area contributed by atoms with Crippen LogP contribution in [0.2, 0.25) is 0 Å². The number of rotatable bonds is 12. The summed E-state index contributed by atoms with van der Waals surface area (Å²) in [5.41, 5.74) is 1.70. The van der Waals surface area contributed by atoms with Gasteiger partial charge in [-0.15, -0.1) is 0 Å². The molecule has 8 heteroatoms. The predicted octanol–water partition coefficient (Wildman–Crippen LogP) is 3.83. The van der Waals surface area contributed by atoms with Crippen molar-refractivity contribution in [2.75, 3.05) is 38.2 Å². The number of pyridine rings is 1. The van der Waals surface area contributed by atoms with E-state index in [9.17, 15) is 14.4 Å². The Bertz CT molecular complexity index is 1200. The molecule has 0 radical (unpaired) electrons. The summed E-state index contributed by atoms with van der Waals surface area (Å²) in [5.74, 6) is -0.0175. The molecule has 0 saturated heterocycles. The van der Waals surface area contributed by atoms with Gasteiger partial charge in [-0.2, -0.15) is 0 Å². The first kappa shape index (κ1) is 26.0. The standard InChI is InChI=1S/C27H33N3O5/c1-4-30(5-2)16-18-35-27(33)20-12-14-21(15-13-20)28-25(31)11-8-17-34-24-19-26(32)29(3)23-10-7-6-9-22(23)24/h6-7,9-10,12-15,19H,4-5,8,11,16-18H2,1-3H3,(H,28,31). The van der Waals surface area contributed by atoms with Gasteiger partial charge in [0.2, 0.25) is 5.91 Å². The van der Waals surface area contributed by atoms with Gasteiger partial charge in [0.25, 0.3) is 5.56 Å². The number of esters is 1. The molecule has 3 rings (SSSR count). The van der Waals surface area contributed by atoms with Crippen LogP contribution < -0.4 is 15.6 Å². The van der Waals surface area contributed by atoms with Gasteiger partial charge in [-0.05, 0) is 55.9 Å². The van der Waals surface area contributed by atoms with E-state index < -0.39 is 0 Å². The van der Waals surface area contributed by atoms with Crippen molar-refractivity contribution in [1.29, 1.82) is 0 Å². The quantitative estimate of drug-likeness (QED) is 0.314.